The van der Waals surface area contributed by atoms with Crippen LogP contribution in [0, 0.1) is 5.41 Å². The molecule has 0 radical (unpaired) electrons. The highest BCUT2D eigenvalue weighted by molar-refractivity contribution is 5.71. The Morgan fingerprint density at radius 3 is 2.91 bits per heavy atom. The van der Waals surface area contributed by atoms with E-state index >= 15 is 0 Å². The topological polar surface area (TPSA) is 60.5 Å². The van der Waals surface area contributed by atoms with Gasteiger partial charge < -0.3 is 14.8 Å². The molecule has 0 unspecified atom stereocenters. The van der Waals surface area contributed by atoms with Gasteiger partial charge in [-0.15, -0.1) is 0 Å². The maximum atomic E-state index is 11.4. The van der Waals surface area contributed by atoms with Crippen molar-refractivity contribution in [1.29, 1.82) is 0 Å². The lowest BCUT2D eigenvalue weighted by atomic mass is 9.51. The van der Waals surface area contributed by atoms with Gasteiger partial charge in [-0.1, -0.05) is 12.5 Å². The summed E-state index contributed by atoms with van der Waals surface area (Å²) in [5.41, 5.74) is 1.04. The molecule has 3 rings (SSSR count). The Labute approximate surface area is 131 Å². The fraction of sp³-hybridized carbons (Fsp3) is 0.647. The van der Waals surface area contributed by atoms with Crippen molar-refractivity contribution in [3.8, 4) is 0 Å². The number of hydrogen-bond acceptors (Lipinski definition) is 5. The summed E-state index contributed by atoms with van der Waals surface area (Å²) in [7, 11) is 1.40. The number of aromatic nitrogens is 1. The molecule has 2 aliphatic carbocycles. The number of esters is 1. The van der Waals surface area contributed by atoms with Crippen LogP contribution in [0.5, 0.6) is 0 Å². The quantitative estimate of drug-likeness (QED) is 0.818. The molecule has 22 heavy (non-hydrogen) atoms. The second-order valence-corrected chi connectivity index (χ2v) is 6.23. The van der Waals surface area contributed by atoms with Gasteiger partial charge in [-0.2, -0.15) is 0 Å². The van der Waals surface area contributed by atoms with Crippen LogP contribution in [-0.4, -0.2) is 36.8 Å². The molecule has 5 heteroatoms. The molecule has 2 fully saturated rings. The van der Waals surface area contributed by atoms with Crippen molar-refractivity contribution in [3.63, 3.8) is 0 Å². The number of rotatable bonds is 6. The largest absolute Gasteiger partial charge is 0.469 e. The molecule has 1 heterocycles. The van der Waals surface area contributed by atoms with Crippen LogP contribution in [0.25, 0.3) is 0 Å². The van der Waals surface area contributed by atoms with Crippen LogP contribution in [0.3, 0.4) is 0 Å². The van der Waals surface area contributed by atoms with E-state index in [1.54, 1.807) is 0 Å². The van der Waals surface area contributed by atoms with E-state index < -0.39 is 0 Å². The Balaban J connectivity index is 1.64. The Kier molecular flexibility index (Phi) is 4.34. The van der Waals surface area contributed by atoms with Crippen LogP contribution in [0.1, 0.15) is 38.3 Å². The summed E-state index contributed by atoms with van der Waals surface area (Å²) in [4.78, 5) is 15.9. The van der Waals surface area contributed by atoms with Gasteiger partial charge in [0.05, 0.1) is 25.3 Å². The van der Waals surface area contributed by atoms with E-state index in [9.17, 15) is 4.79 Å². The fourth-order valence-corrected chi connectivity index (χ4v) is 3.70. The molecule has 1 N–H and O–H groups in total. The first kappa shape index (κ1) is 15.3. The van der Waals surface area contributed by atoms with Crippen molar-refractivity contribution in [2.45, 2.75) is 51.2 Å². The molecule has 1 aromatic rings. The molecule has 1 aromatic heterocycles. The first-order chi connectivity index (χ1) is 10.7. The Morgan fingerprint density at radius 2 is 2.27 bits per heavy atom. The fourth-order valence-electron chi connectivity index (χ4n) is 3.70. The molecule has 0 bridgehead atoms. The van der Waals surface area contributed by atoms with Gasteiger partial charge in [0.2, 0.25) is 0 Å². The van der Waals surface area contributed by atoms with E-state index in [0.29, 0.717) is 17.6 Å². The number of hydrogen-bond donors (Lipinski definition) is 1. The number of carbonyl (C=O) groups excluding carboxylic acids is 1. The maximum Gasteiger partial charge on any atom is 0.311 e. The van der Waals surface area contributed by atoms with Crippen molar-refractivity contribution in [2.75, 3.05) is 19.0 Å². The molecule has 0 saturated heterocycles. The van der Waals surface area contributed by atoms with Gasteiger partial charge in [0.15, 0.2) is 0 Å². The standard InChI is InChI=1S/C17H24N2O3/c1-3-22-14-11-13(17(14)8-5-9-17)19-15-7-4-6-12(18-15)10-16(20)21-2/h4,6-7,13-14H,3,5,8-11H2,1-2H3,(H,18,19)/t13-,14-/m0/s1. The minimum absolute atomic E-state index is 0.212. The molecule has 120 valence electrons. The first-order valence-corrected chi connectivity index (χ1v) is 8.09. The number of nitrogens with zero attached hydrogens (tertiary/aromatic N) is 1. The third kappa shape index (κ3) is 2.70. The summed E-state index contributed by atoms with van der Waals surface area (Å²) >= 11 is 0. The minimum atomic E-state index is -0.264. The van der Waals surface area contributed by atoms with E-state index in [1.165, 1.54) is 26.4 Å². The van der Waals surface area contributed by atoms with Gasteiger partial charge in [0, 0.05) is 18.1 Å². The third-order valence-electron chi connectivity index (χ3n) is 5.12. The Bertz CT molecular complexity index is 542. The average molecular weight is 304 g/mol. The van der Waals surface area contributed by atoms with Crippen molar-refractivity contribution in [1.82, 2.24) is 4.98 Å². The van der Waals surface area contributed by atoms with Gasteiger partial charge in [-0.25, -0.2) is 4.98 Å². The van der Waals surface area contributed by atoms with Gasteiger partial charge in [0.1, 0.15) is 5.82 Å². The van der Waals surface area contributed by atoms with Gasteiger partial charge in [-0.3, -0.25) is 4.79 Å². The van der Waals surface area contributed by atoms with Crippen LogP contribution in [0.2, 0.25) is 0 Å². The Morgan fingerprint density at radius 1 is 1.45 bits per heavy atom. The normalized spacial score (nSPS) is 25.2. The maximum absolute atomic E-state index is 11.4. The van der Waals surface area contributed by atoms with Crippen molar-refractivity contribution in [3.05, 3.63) is 23.9 Å². The van der Waals surface area contributed by atoms with Crippen LogP contribution < -0.4 is 5.32 Å². The molecular formula is C17H24N2O3. The van der Waals surface area contributed by atoms with Gasteiger partial charge in [0.25, 0.3) is 0 Å². The third-order valence-corrected chi connectivity index (χ3v) is 5.12. The SMILES string of the molecule is CCO[C@H]1C[C@H](Nc2cccc(CC(=O)OC)n2)C12CCC2. The number of carbonyl (C=O) groups is 1. The van der Waals surface area contributed by atoms with Crippen molar-refractivity contribution < 1.29 is 14.3 Å². The second-order valence-electron chi connectivity index (χ2n) is 6.23. The first-order valence-electron chi connectivity index (χ1n) is 8.09. The summed E-state index contributed by atoms with van der Waals surface area (Å²) in [6.07, 6.45) is 5.40. The average Bonchev–Trinajstić information content (AvgIpc) is 2.44. The predicted octanol–water partition coefficient (Wildman–Crippen LogP) is 2.56. The summed E-state index contributed by atoms with van der Waals surface area (Å²) in [5.74, 6) is 0.577. The number of nitrogens with one attached hydrogen (secondary N) is 1. The summed E-state index contributed by atoms with van der Waals surface area (Å²) in [5, 5.41) is 3.55. The van der Waals surface area contributed by atoms with E-state index in [1.807, 2.05) is 18.2 Å². The van der Waals surface area contributed by atoms with Crippen LogP contribution in [-0.2, 0) is 20.7 Å². The van der Waals surface area contributed by atoms with Gasteiger partial charge in [-0.05, 0) is 38.3 Å². The van der Waals surface area contributed by atoms with E-state index in [-0.39, 0.29) is 12.4 Å². The highest BCUT2D eigenvalue weighted by Gasteiger charge is 2.58. The summed E-state index contributed by atoms with van der Waals surface area (Å²) in [6, 6.07) is 6.17. The highest BCUT2D eigenvalue weighted by atomic mass is 16.5. The molecule has 2 atom stereocenters. The van der Waals surface area contributed by atoms with Crippen LogP contribution in [0.4, 0.5) is 5.82 Å². The van der Waals surface area contributed by atoms with Crippen LogP contribution >= 0.6 is 0 Å². The molecule has 5 nitrogen and oxygen atoms in total. The summed E-state index contributed by atoms with van der Waals surface area (Å²) in [6.45, 7) is 2.84. The molecular weight excluding hydrogens is 280 g/mol. The monoisotopic (exact) mass is 304 g/mol. The van der Waals surface area contributed by atoms with Crippen molar-refractivity contribution >= 4 is 11.8 Å². The van der Waals surface area contributed by atoms with E-state index in [2.05, 4.69) is 17.2 Å². The van der Waals surface area contributed by atoms with E-state index in [4.69, 9.17) is 9.47 Å². The second kappa shape index (κ2) is 6.24. The van der Waals surface area contributed by atoms with Crippen LogP contribution in [0.15, 0.2) is 18.2 Å². The molecule has 0 aliphatic heterocycles. The lowest BCUT2D eigenvalue weighted by molar-refractivity contribution is -0.157. The van der Waals surface area contributed by atoms with Crippen molar-refractivity contribution in [2.24, 2.45) is 5.41 Å². The van der Waals surface area contributed by atoms with Gasteiger partial charge >= 0.3 is 5.97 Å². The summed E-state index contributed by atoms with van der Waals surface area (Å²) < 4.78 is 10.6. The smallest absolute Gasteiger partial charge is 0.311 e. The number of anilines is 1. The highest BCUT2D eigenvalue weighted by Crippen LogP contribution is 2.58. The Hall–Kier alpha value is -1.62. The predicted molar refractivity (Wildman–Crippen MR) is 83.7 cm³/mol. The lowest BCUT2D eigenvalue weighted by Crippen LogP contribution is -2.64. The number of pyridine rings is 1. The molecule has 0 amide bonds. The molecule has 1 spiro atoms. The lowest BCUT2D eigenvalue weighted by Gasteiger charge is -2.61. The molecule has 2 aliphatic rings. The minimum Gasteiger partial charge on any atom is -0.469 e. The zero-order valence-electron chi connectivity index (χ0n) is 13.3. The number of methoxy groups -OCH3 is 1. The molecule has 2 saturated carbocycles. The zero-order valence-corrected chi connectivity index (χ0v) is 13.3. The van der Waals surface area contributed by atoms with E-state index in [0.717, 1.165) is 24.5 Å². The number of ether oxygens (including phenoxy) is 2. The zero-order chi connectivity index (χ0) is 15.6. The molecule has 0 aromatic carbocycles.